The number of halogens is 1. The van der Waals surface area contributed by atoms with Crippen LogP contribution in [-0.4, -0.2) is 18.3 Å². The zero-order chi connectivity index (χ0) is 18.3. The van der Waals surface area contributed by atoms with Gasteiger partial charge < -0.3 is 4.43 Å². The first-order valence-corrected chi connectivity index (χ1v) is 15.4. The molecule has 24 heavy (non-hydrogen) atoms. The average molecular weight is 469 g/mol. The van der Waals surface area contributed by atoms with Crippen molar-refractivity contribution in [2.24, 2.45) is 0 Å². The van der Waals surface area contributed by atoms with Crippen molar-refractivity contribution in [3.63, 3.8) is 0 Å². The third kappa shape index (κ3) is 16.4. The van der Waals surface area contributed by atoms with Gasteiger partial charge >= 0.3 is 0 Å². The van der Waals surface area contributed by atoms with Crippen LogP contribution in [0.2, 0.25) is 19.6 Å². The van der Waals surface area contributed by atoms with Crippen LogP contribution in [-0.2, 0) is 4.43 Å². The molecule has 0 bridgehead atoms. The van der Waals surface area contributed by atoms with E-state index in [1.807, 2.05) is 0 Å². The molecule has 0 N–H and O–H groups in total. The average Bonchev–Trinajstić information content (AvgIpc) is 2.51. The lowest BCUT2D eigenvalue weighted by Crippen LogP contribution is -2.36. The summed E-state index contributed by atoms with van der Waals surface area (Å²) in [7, 11) is -1.43. The predicted octanol–water partition coefficient (Wildman–Crippen LogP) is 8.51. The number of rotatable bonds is 17. The zero-order valence-electron chi connectivity index (χ0n) is 17.3. The smallest absolute Gasteiger partial charge is 0.184 e. The van der Waals surface area contributed by atoms with Crippen molar-refractivity contribution in [3.8, 4) is 0 Å². The van der Waals surface area contributed by atoms with Gasteiger partial charge in [0.05, 0.1) is 6.10 Å². The Labute approximate surface area is 168 Å². The van der Waals surface area contributed by atoms with Gasteiger partial charge in [0.1, 0.15) is 0 Å². The topological polar surface area (TPSA) is 9.23 Å². The van der Waals surface area contributed by atoms with Crippen LogP contribution < -0.4 is 0 Å². The van der Waals surface area contributed by atoms with Gasteiger partial charge in [-0.1, -0.05) is 113 Å². The van der Waals surface area contributed by atoms with Gasteiger partial charge in [0.2, 0.25) is 0 Å². The molecule has 0 saturated heterocycles. The largest absolute Gasteiger partial charge is 0.414 e. The van der Waals surface area contributed by atoms with Crippen LogP contribution in [0, 0.1) is 0 Å². The van der Waals surface area contributed by atoms with Crippen LogP contribution >= 0.6 is 22.6 Å². The molecule has 1 nitrogen and oxygen atoms in total. The molecule has 0 saturated carbocycles. The van der Waals surface area contributed by atoms with E-state index in [2.05, 4.69) is 56.1 Å². The molecule has 0 aromatic heterocycles. The summed E-state index contributed by atoms with van der Waals surface area (Å²) in [5, 5.41) is 0. The standard InChI is InChI=1S/C21H45IOSi/c1-6-8-10-12-14-16-18-20(22)21(23-24(3,4)5)19-17-15-13-11-9-7-2/h20-21H,6-19H2,1-5H3. The number of hydrogen-bond donors (Lipinski definition) is 0. The highest BCUT2D eigenvalue weighted by molar-refractivity contribution is 14.1. The van der Waals surface area contributed by atoms with Gasteiger partial charge in [-0.05, 0) is 32.5 Å². The number of hydrogen-bond acceptors (Lipinski definition) is 1. The van der Waals surface area contributed by atoms with E-state index in [1.165, 1.54) is 89.9 Å². The van der Waals surface area contributed by atoms with Crippen molar-refractivity contribution in [1.29, 1.82) is 0 Å². The van der Waals surface area contributed by atoms with Crippen LogP contribution in [0.15, 0.2) is 0 Å². The third-order valence-electron chi connectivity index (χ3n) is 4.58. The van der Waals surface area contributed by atoms with Gasteiger partial charge in [-0.15, -0.1) is 0 Å². The van der Waals surface area contributed by atoms with Crippen molar-refractivity contribution in [2.45, 2.75) is 133 Å². The quantitative estimate of drug-likeness (QED) is 0.0900. The lowest BCUT2D eigenvalue weighted by atomic mass is 10.0. The molecule has 0 spiro atoms. The van der Waals surface area contributed by atoms with E-state index in [1.54, 1.807) is 0 Å². The van der Waals surface area contributed by atoms with Crippen LogP contribution in [0.5, 0.6) is 0 Å². The van der Waals surface area contributed by atoms with E-state index in [9.17, 15) is 0 Å². The molecule has 3 heteroatoms. The van der Waals surface area contributed by atoms with Crippen molar-refractivity contribution in [1.82, 2.24) is 0 Å². The van der Waals surface area contributed by atoms with E-state index < -0.39 is 8.32 Å². The minimum Gasteiger partial charge on any atom is -0.414 e. The fourth-order valence-corrected chi connectivity index (χ4v) is 5.61. The van der Waals surface area contributed by atoms with Crippen LogP contribution in [0.3, 0.4) is 0 Å². The highest BCUT2D eigenvalue weighted by Crippen LogP contribution is 2.26. The molecule has 2 unspecified atom stereocenters. The van der Waals surface area contributed by atoms with E-state index in [0.717, 1.165) is 0 Å². The SMILES string of the molecule is CCCCCCCCC(I)C(CCCCCCCC)O[Si](C)(C)C. The molecule has 0 radical (unpaired) electrons. The molecular weight excluding hydrogens is 423 g/mol. The first-order chi connectivity index (χ1) is 11.4. The van der Waals surface area contributed by atoms with E-state index in [0.29, 0.717) is 10.0 Å². The molecule has 0 aliphatic heterocycles. The van der Waals surface area contributed by atoms with Crippen LogP contribution in [0.4, 0.5) is 0 Å². The third-order valence-corrected chi connectivity index (χ3v) is 7.02. The molecule has 0 heterocycles. The molecule has 0 amide bonds. The molecule has 0 aliphatic carbocycles. The lowest BCUT2D eigenvalue weighted by Gasteiger charge is -2.30. The Morgan fingerprint density at radius 3 is 1.54 bits per heavy atom. The molecule has 0 aromatic carbocycles. The summed E-state index contributed by atoms with van der Waals surface area (Å²) in [4.78, 5) is 0. The fourth-order valence-electron chi connectivity index (χ4n) is 3.20. The fraction of sp³-hybridized carbons (Fsp3) is 1.00. The van der Waals surface area contributed by atoms with Gasteiger partial charge in [-0.3, -0.25) is 0 Å². The summed E-state index contributed by atoms with van der Waals surface area (Å²) in [6.07, 6.45) is 19.9. The molecule has 2 atom stereocenters. The summed E-state index contributed by atoms with van der Waals surface area (Å²) in [6.45, 7) is 11.6. The van der Waals surface area contributed by atoms with Crippen LogP contribution in [0.1, 0.15) is 104 Å². The van der Waals surface area contributed by atoms with Crippen molar-refractivity contribution in [3.05, 3.63) is 0 Å². The maximum Gasteiger partial charge on any atom is 0.184 e. The minimum absolute atomic E-state index is 0.499. The molecule has 0 aliphatic rings. The maximum atomic E-state index is 6.55. The molecular formula is C21H45IOSi. The summed E-state index contributed by atoms with van der Waals surface area (Å²) >= 11 is 2.68. The van der Waals surface area contributed by atoms with E-state index in [-0.39, 0.29) is 0 Å². The summed E-state index contributed by atoms with van der Waals surface area (Å²) in [6, 6.07) is 0. The number of unbranched alkanes of at least 4 members (excludes halogenated alkanes) is 10. The predicted molar refractivity (Wildman–Crippen MR) is 122 cm³/mol. The van der Waals surface area contributed by atoms with E-state index in [4.69, 9.17) is 4.43 Å². The Hall–Kier alpha value is 0.907. The van der Waals surface area contributed by atoms with Gasteiger partial charge in [0, 0.05) is 3.92 Å². The molecule has 0 fully saturated rings. The summed E-state index contributed by atoms with van der Waals surface area (Å²) < 4.78 is 7.26. The van der Waals surface area contributed by atoms with Gasteiger partial charge in [0.25, 0.3) is 0 Å². The highest BCUT2D eigenvalue weighted by atomic mass is 127. The maximum absolute atomic E-state index is 6.55. The highest BCUT2D eigenvalue weighted by Gasteiger charge is 2.25. The second kappa shape index (κ2) is 16.1. The zero-order valence-corrected chi connectivity index (χ0v) is 20.5. The first-order valence-electron chi connectivity index (χ1n) is 10.7. The summed E-state index contributed by atoms with van der Waals surface area (Å²) in [5.74, 6) is 0. The monoisotopic (exact) mass is 468 g/mol. The summed E-state index contributed by atoms with van der Waals surface area (Å²) in [5.41, 5.74) is 0. The Morgan fingerprint density at radius 1 is 0.667 bits per heavy atom. The number of alkyl halides is 1. The normalized spacial score (nSPS) is 14.8. The second-order valence-electron chi connectivity index (χ2n) is 8.40. The Bertz CT molecular complexity index is 265. The second-order valence-corrected chi connectivity index (χ2v) is 14.5. The van der Waals surface area contributed by atoms with Crippen molar-refractivity contribution in [2.75, 3.05) is 0 Å². The van der Waals surface area contributed by atoms with Crippen LogP contribution in [0.25, 0.3) is 0 Å². The molecule has 146 valence electrons. The minimum atomic E-state index is -1.43. The first kappa shape index (κ1) is 24.9. The van der Waals surface area contributed by atoms with Crippen molar-refractivity contribution < 1.29 is 4.43 Å². The van der Waals surface area contributed by atoms with Gasteiger partial charge in [0.15, 0.2) is 8.32 Å². The Balaban J connectivity index is 4.04. The molecule has 0 rings (SSSR count). The Kier molecular flexibility index (Phi) is 16.7. The van der Waals surface area contributed by atoms with Gasteiger partial charge in [-0.25, -0.2) is 0 Å². The molecule has 0 aromatic rings. The lowest BCUT2D eigenvalue weighted by molar-refractivity contribution is 0.176. The van der Waals surface area contributed by atoms with Crippen molar-refractivity contribution >= 4 is 30.9 Å². The van der Waals surface area contributed by atoms with Gasteiger partial charge in [-0.2, -0.15) is 0 Å². The van der Waals surface area contributed by atoms with E-state index >= 15 is 0 Å². The Morgan fingerprint density at radius 2 is 1.08 bits per heavy atom.